The molecule has 3 heteroatoms. The van der Waals surface area contributed by atoms with Gasteiger partial charge in [0.1, 0.15) is 0 Å². The molecule has 0 aliphatic carbocycles. The first-order valence-electron chi connectivity index (χ1n) is 9.03. The van der Waals surface area contributed by atoms with Crippen LogP contribution < -0.4 is 0 Å². The Morgan fingerprint density at radius 1 is 0.593 bits per heavy atom. The van der Waals surface area contributed by atoms with Crippen molar-refractivity contribution < 1.29 is 4.74 Å². The minimum absolute atomic E-state index is 0.741. The van der Waals surface area contributed by atoms with E-state index in [0.717, 1.165) is 46.0 Å². The number of para-hydroxylation sites is 2. The van der Waals surface area contributed by atoms with E-state index in [1.807, 2.05) is 60.7 Å². The monoisotopic (exact) mass is 352 g/mol. The Labute approximate surface area is 158 Å². The fourth-order valence-corrected chi connectivity index (χ4v) is 2.94. The highest BCUT2D eigenvalue weighted by Gasteiger charge is 1.97. The Hall–Kier alpha value is -3.46. The predicted octanol–water partition coefficient (Wildman–Crippen LogP) is 5.61. The molecule has 132 valence electrons. The van der Waals surface area contributed by atoms with Crippen LogP contribution in [0, 0.1) is 0 Å². The molecule has 2 aromatic heterocycles. The first-order valence-corrected chi connectivity index (χ1v) is 9.03. The van der Waals surface area contributed by atoms with Gasteiger partial charge in [-0.2, -0.15) is 0 Å². The van der Waals surface area contributed by atoms with Crippen LogP contribution in [0.25, 0.3) is 21.8 Å². The van der Waals surface area contributed by atoms with Gasteiger partial charge in [0.05, 0.1) is 23.6 Å². The fraction of sp³-hybridized carbons (Fsp3) is 0.0833. The van der Waals surface area contributed by atoms with Crippen LogP contribution in [0.5, 0.6) is 0 Å². The number of fused-ring (bicyclic) bond motifs is 2. The van der Waals surface area contributed by atoms with Gasteiger partial charge in [0.15, 0.2) is 0 Å². The van der Waals surface area contributed by atoms with Crippen molar-refractivity contribution in [1.29, 1.82) is 0 Å². The highest BCUT2D eigenvalue weighted by molar-refractivity contribution is 5.79. The van der Waals surface area contributed by atoms with E-state index in [9.17, 15) is 0 Å². The van der Waals surface area contributed by atoms with Crippen molar-refractivity contribution in [2.45, 2.75) is 12.8 Å². The second-order valence-corrected chi connectivity index (χ2v) is 6.28. The second kappa shape index (κ2) is 8.28. The molecule has 0 radical (unpaired) electrons. The van der Waals surface area contributed by atoms with Gasteiger partial charge in [-0.25, -0.2) is 0 Å². The molecule has 0 fully saturated rings. The highest BCUT2D eigenvalue weighted by atomic mass is 16.5. The van der Waals surface area contributed by atoms with E-state index in [1.54, 1.807) is 12.5 Å². The molecule has 2 heterocycles. The molecule has 3 nitrogen and oxygen atoms in total. The minimum atomic E-state index is 0.741. The molecular weight excluding hydrogens is 332 g/mol. The molecule has 0 amide bonds. The van der Waals surface area contributed by atoms with E-state index in [1.165, 1.54) is 0 Å². The number of ether oxygens (including phenoxy) is 1. The maximum atomic E-state index is 5.44. The molecule has 0 aliphatic rings. The van der Waals surface area contributed by atoms with E-state index in [-0.39, 0.29) is 0 Å². The molecule has 0 atom stereocenters. The summed E-state index contributed by atoms with van der Waals surface area (Å²) in [6.45, 7) is 0. The summed E-state index contributed by atoms with van der Waals surface area (Å²) >= 11 is 0. The fourth-order valence-electron chi connectivity index (χ4n) is 2.94. The van der Waals surface area contributed by atoms with Crippen molar-refractivity contribution in [3.8, 4) is 0 Å². The van der Waals surface area contributed by atoms with Gasteiger partial charge in [-0.3, -0.25) is 9.97 Å². The smallest absolute Gasteiger partial charge is 0.0865 e. The number of aromatic nitrogens is 2. The van der Waals surface area contributed by atoms with Crippen LogP contribution in [0.15, 0.2) is 97.5 Å². The highest BCUT2D eigenvalue weighted by Crippen LogP contribution is 2.13. The van der Waals surface area contributed by atoms with E-state index < -0.39 is 0 Å². The number of rotatable bonds is 6. The van der Waals surface area contributed by atoms with Gasteiger partial charge >= 0.3 is 0 Å². The van der Waals surface area contributed by atoms with Crippen LogP contribution in [-0.4, -0.2) is 9.97 Å². The van der Waals surface area contributed by atoms with Crippen molar-refractivity contribution in [3.05, 3.63) is 109 Å². The van der Waals surface area contributed by atoms with E-state index in [0.29, 0.717) is 0 Å². The zero-order valence-electron chi connectivity index (χ0n) is 15.0. The SMILES string of the molecule is C(=COC=CCc1ccc2ccccc2n1)Cc1ccc2ccccc2n1. The van der Waals surface area contributed by atoms with E-state index in [4.69, 9.17) is 4.74 Å². The number of hydrogen-bond donors (Lipinski definition) is 0. The summed E-state index contributed by atoms with van der Waals surface area (Å²) < 4.78 is 5.44. The summed E-state index contributed by atoms with van der Waals surface area (Å²) in [4.78, 5) is 9.28. The van der Waals surface area contributed by atoms with Gasteiger partial charge < -0.3 is 4.74 Å². The quantitative estimate of drug-likeness (QED) is 0.423. The Morgan fingerprint density at radius 3 is 1.59 bits per heavy atom. The number of hydrogen-bond acceptors (Lipinski definition) is 3. The number of nitrogens with zero attached hydrogens (tertiary/aromatic N) is 2. The zero-order chi connectivity index (χ0) is 18.3. The molecule has 0 N–H and O–H groups in total. The van der Waals surface area contributed by atoms with Gasteiger partial charge in [0.2, 0.25) is 0 Å². The van der Waals surface area contributed by atoms with Crippen molar-refractivity contribution in [1.82, 2.24) is 9.97 Å². The third kappa shape index (κ3) is 4.39. The lowest BCUT2D eigenvalue weighted by Crippen LogP contribution is -1.88. The average molecular weight is 352 g/mol. The van der Waals surface area contributed by atoms with Gasteiger partial charge in [0, 0.05) is 35.0 Å². The predicted molar refractivity (Wildman–Crippen MR) is 110 cm³/mol. The lowest BCUT2D eigenvalue weighted by Gasteiger charge is -2.00. The molecule has 0 saturated heterocycles. The van der Waals surface area contributed by atoms with Crippen molar-refractivity contribution >= 4 is 21.8 Å². The molecule has 0 saturated carbocycles. The van der Waals surface area contributed by atoms with Crippen molar-refractivity contribution in [3.63, 3.8) is 0 Å². The third-order valence-electron chi connectivity index (χ3n) is 4.32. The largest absolute Gasteiger partial charge is 0.473 e. The number of pyridine rings is 2. The Bertz CT molecular complexity index is 1030. The summed E-state index contributed by atoms with van der Waals surface area (Å²) in [5.74, 6) is 0. The summed E-state index contributed by atoms with van der Waals surface area (Å²) in [6.07, 6.45) is 8.81. The molecule has 4 rings (SSSR count). The second-order valence-electron chi connectivity index (χ2n) is 6.28. The van der Waals surface area contributed by atoms with Gasteiger partial charge in [-0.1, -0.05) is 48.5 Å². The van der Waals surface area contributed by atoms with Crippen molar-refractivity contribution in [2.75, 3.05) is 0 Å². The Morgan fingerprint density at radius 2 is 1.07 bits per heavy atom. The normalized spacial score (nSPS) is 11.7. The molecule has 0 unspecified atom stereocenters. The van der Waals surface area contributed by atoms with Crippen LogP contribution in [0.1, 0.15) is 11.4 Å². The van der Waals surface area contributed by atoms with Gasteiger partial charge in [-0.05, 0) is 36.4 Å². The molecular formula is C24H20N2O. The summed E-state index contributed by atoms with van der Waals surface area (Å²) in [6, 6.07) is 24.6. The first kappa shape index (κ1) is 17.0. The van der Waals surface area contributed by atoms with Crippen LogP contribution in [-0.2, 0) is 17.6 Å². The first-order chi connectivity index (χ1) is 13.4. The minimum Gasteiger partial charge on any atom is -0.473 e. The number of allylic oxidation sites excluding steroid dienone is 2. The molecule has 0 bridgehead atoms. The van der Waals surface area contributed by atoms with E-state index in [2.05, 4.69) is 34.2 Å². The third-order valence-corrected chi connectivity index (χ3v) is 4.32. The molecule has 4 aromatic rings. The zero-order valence-corrected chi connectivity index (χ0v) is 15.0. The summed E-state index contributed by atoms with van der Waals surface area (Å²) in [7, 11) is 0. The van der Waals surface area contributed by atoms with Gasteiger partial charge in [-0.15, -0.1) is 0 Å². The van der Waals surface area contributed by atoms with Crippen LogP contribution in [0.2, 0.25) is 0 Å². The molecule has 0 aliphatic heterocycles. The lowest BCUT2D eigenvalue weighted by molar-refractivity contribution is 0.399. The molecule has 0 spiro atoms. The maximum Gasteiger partial charge on any atom is 0.0865 e. The van der Waals surface area contributed by atoms with Gasteiger partial charge in [0.25, 0.3) is 0 Å². The number of benzene rings is 2. The van der Waals surface area contributed by atoms with Crippen LogP contribution in [0.3, 0.4) is 0 Å². The molecule has 2 aromatic carbocycles. The standard InChI is InChI=1S/C24H20N2O/c1-3-11-23-19(7-1)13-15-21(25-23)9-5-17-27-18-6-10-22-16-14-20-8-2-4-12-24(20)26-22/h1-8,11-18H,9-10H2. The van der Waals surface area contributed by atoms with Crippen molar-refractivity contribution in [2.24, 2.45) is 0 Å². The molecule has 27 heavy (non-hydrogen) atoms. The lowest BCUT2D eigenvalue weighted by atomic mass is 10.2. The van der Waals surface area contributed by atoms with Crippen LogP contribution in [0.4, 0.5) is 0 Å². The van der Waals surface area contributed by atoms with Crippen LogP contribution >= 0.6 is 0 Å². The average Bonchev–Trinajstić information content (AvgIpc) is 2.73. The summed E-state index contributed by atoms with van der Waals surface area (Å²) in [5.41, 5.74) is 4.09. The Kier molecular flexibility index (Phi) is 5.21. The topological polar surface area (TPSA) is 35.0 Å². The maximum absolute atomic E-state index is 5.44. The summed E-state index contributed by atoms with van der Waals surface area (Å²) in [5, 5.41) is 2.32. The van der Waals surface area contributed by atoms with E-state index >= 15 is 0 Å². The Balaban J connectivity index is 1.28.